The van der Waals surface area contributed by atoms with Crippen molar-refractivity contribution >= 4 is 44.9 Å². The zero-order valence-corrected chi connectivity index (χ0v) is 13.7. The van der Waals surface area contributed by atoms with E-state index >= 15 is 0 Å². The third-order valence-corrected chi connectivity index (χ3v) is 3.79. The van der Waals surface area contributed by atoms with Crippen molar-refractivity contribution < 1.29 is 9.53 Å². The maximum Gasteiger partial charge on any atom is 0.214 e. The molecule has 1 heterocycles. The number of carbonyl (C=O) groups excluding carboxylic acids is 1. The van der Waals surface area contributed by atoms with E-state index in [1.54, 1.807) is 25.3 Å². The van der Waals surface area contributed by atoms with Crippen LogP contribution in [0.15, 0.2) is 28.9 Å². The Morgan fingerprint density at radius 1 is 1.40 bits per heavy atom. The van der Waals surface area contributed by atoms with E-state index < -0.39 is 0 Å². The molecule has 0 N–H and O–H groups in total. The summed E-state index contributed by atoms with van der Waals surface area (Å²) >= 11 is 15.5. The Bertz CT molecular complexity index is 643. The lowest BCUT2D eigenvalue weighted by Crippen LogP contribution is -2.15. The molecule has 0 radical (unpaired) electrons. The molecule has 2 aromatic rings. The normalized spacial score (nSPS) is 10.8. The van der Waals surface area contributed by atoms with Gasteiger partial charge >= 0.3 is 0 Å². The Balaban J connectivity index is 2.42. The van der Waals surface area contributed by atoms with Crippen molar-refractivity contribution in [2.75, 3.05) is 13.7 Å². The summed E-state index contributed by atoms with van der Waals surface area (Å²) in [6, 6.07) is 5.08. The molecule has 0 aliphatic heterocycles. The Morgan fingerprint density at radius 2 is 2.15 bits per heavy atom. The minimum atomic E-state index is -0.269. The lowest BCUT2D eigenvalue weighted by molar-refractivity contribution is 0.102. The maximum absolute atomic E-state index is 12.6. The summed E-state index contributed by atoms with van der Waals surface area (Å²) in [6.07, 6.45) is 1.44. The minimum absolute atomic E-state index is 0.269. The molecule has 0 fully saturated rings. The van der Waals surface area contributed by atoms with Gasteiger partial charge in [0.05, 0.1) is 29.4 Å². The number of benzene rings is 1. The predicted molar refractivity (Wildman–Crippen MR) is 81.7 cm³/mol. The highest BCUT2D eigenvalue weighted by Gasteiger charge is 2.21. The molecule has 0 spiro atoms. The third kappa shape index (κ3) is 3.23. The highest BCUT2D eigenvalue weighted by Crippen LogP contribution is 2.26. The lowest BCUT2D eigenvalue weighted by Gasteiger charge is -2.08. The van der Waals surface area contributed by atoms with E-state index in [0.29, 0.717) is 34.5 Å². The molecule has 0 aliphatic rings. The maximum atomic E-state index is 12.6. The van der Waals surface area contributed by atoms with Gasteiger partial charge in [0.25, 0.3) is 0 Å². The van der Waals surface area contributed by atoms with Gasteiger partial charge < -0.3 is 4.74 Å². The van der Waals surface area contributed by atoms with E-state index in [4.69, 9.17) is 27.9 Å². The van der Waals surface area contributed by atoms with Gasteiger partial charge in [-0.1, -0.05) is 39.1 Å². The highest BCUT2D eigenvalue weighted by atomic mass is 79.9. The number of methoxy groups -OCH3 is 1. The molecule has 7 heteroatoms. The van der Waals surface area contributed by atoms with Crippen LogP contribution in [0.3, 0.4) is 0 Å². The SMILES string of the molecule is COCCn1ncc(Cl)c1C(=O)c1cc(Br)ccc1Cl. The Hall–Kier alpha value is -0.880. The van der Waals surface area contributed by atoms with E-state index in [1.807, 2.05) is 0 Å². The third-order valence-electron chi connectivity index (χ3n) is 2.69. The summed E-state index contributed by atoms with van der Waals surface area (Å²) in [5.41, 5.74) is 0.686. The Labute approximate surface area is 134 Å². The standard InChI is InChI=1S/C13H11BrCl2N2O2/c1-20-5-4-18-12(11(16)7-17-18)13(19)9-6-8(14)2-3-10(9)15/h2-3,6-7H,4-5H2,1H3. The van der Waals surface area contributed by atoms with Gasteiger partial charge in [0.1, 0.15) is 5.69 Å². The Kier molecular flexibility index (Phi) is 5.21. The second-order valence-corrected chi connectivity index (χ2v) is 5.74. The van der Waals surface area contributed by atoms with Gasteiger partial charge in [-0.25, -0.2) is 0 Å². The van der Waals surface area contributed by atoms with Crippen LogP contribution in [-0.4, -0.2) is 29.3 Å². The summed E-state index contributed by atoms with van der Waals surface area (Å²) in [6.45, 7) is 0.875. The molecule has 0 amide bonds. The second-order valence-electron chi connectivity index (χ2n) is 4.01. The van der Waals surface area contributed by atoms with E-state index in [2.05, 4.69) is 21.0 Å². The number of hydrogen-bond acceptors (Lipinski definition) is 3. The van der Waals surface area contributed by atoms with Crippen LogP contribution in [0, 0.1) is 0 Å². The molecular weight excluding hydrogens is 367 g/mol. The fourth-order valence-corrected chi connectivity index (χ4v) is 2.53. The first-order valence-electron chi connectivity index (χ1n) is 5.74. The van der Waals surface area contributed by atoms with Crippen LogP contribution >= 0.6 is 39.1 Å². The van der Waals surface area contributed by atoms with Crippen molar-refractivity contribution in [3.8, 4) is 0 Å². The number of aromatic nitrogens is 2. The fourth-order valence-electron chi connectivity index (χ4n) is 1.73. The Morgan fingerprint density at radius 3 is 2.85 bits per heavy atom. The number of nitrogens with zero attached hydrogens (tertiary/aromatic N) is 2. The molecule has 20 heavy (non-hydrogen) atoms. The summed E-state index contributed by atoms with van der Waals surface area (Å²) < 4.78 is 7.28. The summed E-state index contributed by atoms with van der Waals surface area (Å²) in [4.78, 5) is 12.6. The van der Waals surface area contributed by atoms with Crippen molar-refractivity contribution in [3.05, 3.63) is 50.2 Å². The van der Waals surface area contributed by atoms with Gasteiger partial charge in [0.2, 0.25) is 5.78 Å². The quantitative estimate of drug-likeness (QED) is 0.743. The molecule has 2 rings (SSSR count). The highest BCUT2D eigenvalue weighted by molar-refractivity contribution is 9.10. The van der Waals surface area contributed by atoms with Crippen molar-refractivity contribution in [2.24, 2.45) is 0 Å². The van der Waals surface area contributed by atoms with Crippen LogP contribution in [0.5, 0.6) is 0 Å². The molecule has 0 unspecified atom stereocenters. The van der Waals surface area contributed by atoms with Crippen molar-refractivity contribution in [2.45, 2.75) is 6.54 Å². The number of halogens is 3. The topological polar surface area (TPSA) is 44.1 Å². The summed E-state index contributed by atoms with van der Waals surface area (Å²) in [5, 5.41) is 4.74. The average molecular weight is 378 g/mol. The van der Waals surface area contributed by atoms with Crippen LogP contribution in [0.25, 0.3) is 0 Å². The van der Waals surface area contributed by atoms with Crippen LogP contribution in [0.2, 0.25) is 10.0 Å². The molecule has 0 saturated carbocycles. The van der Waals surface area contributed by atoms with Gasteiger partial charge in [-0.15, -0.1) is 0 Å². The first-order chi connectivity index (χ1) is 9.54. The average Bonchev–Trinajstić information content (AvgIpc) is 2.79. The predicted octanol–water partition coefficient (Wildman–Crippen LogP) is 3.83. The zero-order chi connectivity index (χ0) is 14.7. The monoisotopic (exact) mass is 376 g/mol. The molecule has 4 nitrogen and oxygen atoms in total. The van der Waals surface area contributed by atoms with Gasteiger partial charge in [0.15, 0.2) is 0 Å². The van der Waals surface area contributed by atoms with Gasteiger partial charge in [-0.3, -0.25) is 9.48 Å². The van der Waals surface area contributed by atoms with Crippen LogP contribution in [0.4, 0.5) is 0 Å². The summed E-state index contributed by atoms with van der Waals surface area (Å²) in [7, 11) is 1.58. The molecule has 106 valence electrons. The molecule has 0 saturated heterocycles. The lowest BCUT2D eigenvalue weighted by atomic mass is 10.1. The second kappa shape index (κ2) is 6.72. The number of carbonyl (C=O) groups is 1. The zero-order valence-electron chi connectivity index (χ0n) is 10.6. The molecular formula is C13H11BrCl2N2O2. The number of hydrogen-bond donors (Lipinski definition) is 0. The van der Waals surface area contributed by atoms with E-state index in [0.717, 1.165) is 4.47 Å². The molecule has 0 atom stereocenters. The van der Waals surface area contributed by atoms with Gasteiger partial charge in [-0.2, -0.15) is 5.10 Å². The van der Waals surface area contributed by atoms with Crippen molar-refractivity contribution in [1.82, 2.24) is 9.78 Å². The van der Waals surface area contributed by atoms with Crippen LogP contribution < -0.4 is 0 Å². The first-order valence-corrected chi connectivity index (χ1v) is 7.29. The van der Waals surface area contributed by atoms with E-state index in [9.17, 15) is 4.79 Å². The van der Waals surface area contributed by atoms with Crippen molar-refractivity contribution in [3.63, 3.8) is 0 Å². The molecule has 1 aromatic carbocycles. The van der Waals surface area contributed by atoms with Gasteiger partial charge in [-0.05, 0) is 18.2 Å². The van der Waals surface area contributed by atoms with Crippen LogP contribution in [0.1, 0.15) is 16.1 Å². The largest absolute Gasteiger partial charge is 0.383 e. The minimum Gasteiger partial charge on any atom is -0.383 e. The van der Waals surface area contributed by atoms with E-state index in [1.165, 1.54) is 10.9 Å². The smallest absolute Gasteiger partial charge is 0.214 e. The molecule has 0 aliphatic carbocycles. The first kappa shape index (κ1) is 15.5. The van der Waals surface area contributed by atoms with Crippen LogP contribution in [-0.2, 0) is 11.3 Å². The molecule has 1 aromatic heterocycles. The fraction of sp³-hybridized carbons (Fsp3) is 0.231. The number of rotatable bonds is 5. The number of ketones is 1. The number of ether oxygens (including phenoxy) is 1. The van der Waals surface area contributed by atoms with Gasteiger partial charge in [0, 0.05) is 17.1 Å². The van der Waals surface area contributed by atoms with Crippen molar-refractivity contribution in [1.29, 1.82) is 0 Å². The molecule has 0 bridgehead atoms. The summed E-state index contributed by atoms with van der Waals surface area (Å²) in [5.74, 6) is -0.269. The van der Waals surface area contributed by atoms with E-state index in [-0.39, 0.29) is 5.78 Å².